The van der Waals surface area contributed by atoms with Crippen molar-refractivity contribution in [1.82, 2.24) is 9.97 Å². The Morgan fingerprint density at radius 3 is 2.89 bits per heavy atom. The molecule has 7 heteroatoms. The SMILES string of the molecule is c1coc(CNc2ncc(-c3ccc4c(c3)OCO4)c(-c3cccs3)n2)c1. The lowest BCUT2D eigenvalue weighted by Gasteiger charge is -2.11. The van der Waals surface area contributed by atoms with E-state index in [0.717, 1.165) is 39.0 Å². The Morgan fingerprint density at radius 1 is 1.07 bits per heavy atom. The second-order valence-electron chi connectivity index (χ2n) is 5.93. The van der Waals surface area contributed by atoms with Gasteiger partial charge in [0.25, 0.3) is 0 Å². The minimum atomic E-state index is 0.253. The number of aromatic nitrogens is 2. The van der Waals surface area contributed by atoms with Crippen LogP contribution in [0.3, 0.4) is 0 Å². The molecule has 0 radical (unpaired) electrons. The highest BCUT2D eigenvalue weighted by Gasteiger charge is 2.17. The van der Waals surface area contributed by atoms with Crippen LogP contribution in [-0.4, -0.2) is 16.8 Å². The van der Waals surface area contributed by atoms with Gasteiger partial charge in [0.15, 0.2) is 11.5 Å². The van der Waals surface area contributed by atoms with Gasteiger partial charge in [0.2, 0.25) is 12.7 Å². The molecule has 0 aliphatic carbocycles. The van der Waals surface area contributed by atoms with E-state index < -0.39 is 0 Å². The minimum absolute atomic E-state index is 0.253. The molecule has 5 rings (SSSR count). The van der Waals surface area contributed by atoms with Crippen molar-refractivity contribution >= 4 is 17.3 Å². The Bertz CT molecular complexity index is 1060. The maximum Gasteiger partial charge on any atom is 0.231 e. The average molecular weight is 377 g/mol. The van der Waals surface area contributed by atoms with Gasteiger partial charge in [0.05, 0.1) is 23.4 Å². The normalized spacial score (nSPS) is 12.3. The van der Waals surface area contributed by atoms with Crippen molar-refractivity contribution in [2.24, 2.45) is 0 Å². The van der Waals surface area contributed by atoms with Crippen LogP contribution in [0.25, 0.3) is 21.7 Å². The summed E-state index contributed by atoms with van der Waals surface area (Å²) in [4.78, 5) is 10.3. The van der Waals surface area contributed by atoms with E-state index in [1.54, 1.807) is 17.6 Å². The maximum atomic E-state index is 5.51. The Balaban J connectivity index is 1.52. The van der Waals surface area contributed by atoms with Crippen molar-refractivity contribution in [3.05, 3.63) is 66.1 Å². The van der Waals surface area contributed by atoms with Crippen LogP contribution in [0.1, 0.15) is 5.76 Å². The quantitative estimate of drug-likeness (QED) is 0.538. The smallest absolute Gasteiger partial charge is 0.231 e. The number of hydrogen-bond donors (Lipinski definition) is 1. The number of thiophene rings is 1. The van der Waals surface area contributed by atoms with Gasteiger partial charge in [-0.3, -0.25) is 0 Å². The maximum absolute atomic E-state index is 5.51. The van der Waals surface area contributed by atoms with E-state index in [1.165, 1.54) is 0 Å². The molecule has 1 aromatic carbocycles. The predicted molar refractivity (Wildman–Crippen MR) is 103 cm³/mol. The van der Waals surface area contributed by atoms with Crippen LogP contribution in [0.15, 0.2) is 64.7 Å². The molecule has 27 heavy (non-hydrogen) atoms. The highest BCUT2D eigenvalue weighted by Crippen LogP contribution is 2.39. The number of hydrogen-bond acceptors (Lipinski definition) is 7. The van der Waals surface area contributed by atoms with Gasteiger partial charge in [-0.25, -0.2) is 9.97 Å². The number of furan rings is 1. The molecule has 4 aromatic rings. The van der Waals surface area contributed by atoms with Crippen LogP contribution in [-0.2, 0) is 6.54 Å². The van der Waals surface area contributed by atoms with Crippen LogP contribution < -0.4 is 14.8 Å². The summed E-state index contributed by atoms with van der Waals surface area (Å²) in [6.45, 7) is 0.781. The Morgan fingerprint density at radius 2 is 2.04 bits per heavy atom. The Kier molecular flexibility index (Phi) is 3.99. The fourth-order valence-corrected chi connectivity index (χ4v) is 3.65. The minimum Gasteiger partial charge on any atom is -0.467 e. The molecular weight excluding hydrogens is 362 g/mol. The van der Waals surface area contributed by atoms with Gasteiger partial charge in [0.1, 0.15) is 5.76 Å². The molecule has 0 amide bonds. The lowest BCUT2D eigenvalue weighted by atomic mass is 10.0. The first-order valence-electron chi connectivity index (χ1n) is 8.44. The number of rotatable bonds is 5. The van der Waals surface area contributed by atoms with E-state index in [1.807, 2.05) is 48.0 Å². The van der Waals surface area contributed by atoms with Gasteiger partial charge in [-0.2, -0.15) is 0 Å². The Hall–Kier alpha value is -3.32. The molecule has 134 valence electrons. The summed E-state index contributed by atoms with van der Waals surface area (Å²) in [5, 5.41) is 5.25. The zero-order valence-electron chi connectivity index (χ0n) is 14.2. The highest BCUT2D eigenvalue weighted by atomic mass is 32.1. The molecule has 1 N–H and O–H groups in total. The lowest BCUT2D eigenvalue weighted by Crippen LogP contribution is -2.04. The zero-order chi connectivity index (χ0) is 18.1. The van der Waals surface area contributed by atoms with Crippen molar-refractivity contribution < 1.29 is 13.9 Å². The van der Waals surface area contributed by atoms with Gasteiger partial charge in [-0.15, -0.1) is 11.3 Å². The van der Waals surface area contributed by atoms with E-state index in [9.17, 15) is 0 Å². The highest BCUT2D eigenvalue weighted by molar-refractivity contribution is 7.13. The largest absolute Gasteiger partial charge is 0.467 e. The summed E-state index contributed by atoms with van der Waals surface area (Å²) in [5.41, 5.74) is 2.81. The van der Waals surface area contributed by atoms with E-state index in [0.29, 0.717) is 12.5 Å². The molecular formula is C20H15N3O3S. The fourth-order valence-electron chi connectivity index (χ4n) is 2.92. The summed E-state index contributed by atoms with van der Waals surface area (Å²) in [6.07, 6.45) is 3.49. The molecule has 3 aromatic heterocycles. The monoisotopic (exact) mass is 377 g/mol. The van der Waals surface area contributed by atoms with Crippen LogP contribution in [0.4, 0.5) is 5.95 Å². The van der Waals surface area contributed by atoms with Crippen molar-refractivity contribution in [3.63, 3.8) is 0 Å². The van der Waals surface area contributed by atoms with Crippen molar-refractivity contribution in [3.8, 4) is 33.2 Å². The molecule has 0 bridgehead atoms. The molecule has 0 saturated heterocycles. The second kappa shape index (κ2) is 6.77. The van der Waals surface area contributed by atoms with E-state index in [4.69, 9.17) is 18.9 Å². The van der Waals surface area contributed by atoms with Gasteiger partial charge in [-0.1, -0.05) is 12.1 Å². The molecule has 0 spiro atoms. The van der Waals surface area contributed by atoms with E-state index in [-0.39, 0.29) is 6.79 Å². The van der Waals surface area contributed by atoms with Gasteiger partial charge < -0.3 is 19.2 Å². The number of nitrogens with one attached hydrogen (secondary N) is 1. The summed E-state index contributed by atoms with van der Waals surface area (Å²) in [5.74, 6) is 2.88. The standard InChI is InChI=1S/C20H15N3O3S/c1-3-14(24-7-1)10-21-20-22-11-15(19(23-20)18-4-2-8-27-18)13-5-6-16-17(9-13)26-12-25-16/h1-9,11H,10,12H2,(H,21,22,23). The third-order valence-corrected chi connectivity index (χ3v) is 5.10. The first-order valence-corrected chi connectivity index (χ1v) is 9.32. The molecule has 4 heterocycles. The Labute approximate surface area is 159 Å². The molecule has 0 atom stereocenters. The van der Waals surface area contributed by atoms with Crippen LogP contribution >= 0.6 is 11.3 Å². The second-order valence-corrected chi connectivity index (χ2v) is 6.88. The van der Waals surface area contributed by atoms with Gasteiger partial charge in [-0.05, 0) is 41.3 Å². The van der Waals surface area contributed by atoms with Crippen LogP contribution in [0.5, 0.6) is 11.5 Å². The van der Waals surface area contributed by atoms with Crippen molar-refractivity contribution in [2.75, 3.05) is 12.1 Å². The summed E-state index contributed by atoms with van der Waals surface area (Å²) >= 11 is 1.64. The average Bonchev–Trinajstić information content (AvgIpc) is 3.48. The van der Waals surface area contributed by atoms with Gasteiger partial charge in [0, 0.05) is 11.8 Å². The number of fused-ring (bicyclic) bond motifs is 1. The predicted octanol–water partition coefficient (Wildman–Crippen LogP) is 4.81. The van der Waals surface area contributed by atoms with Crippen molar-refractivity contribution in [1.29, 1.82) is 0 Å². The van der Waals surface area contributed by atoms with Crippen LogP contribution in [0.2, 0.25) is 0 Å². The van der Waals surface area contributed by atoms with Crippen LogP contribution in [0, 0.1) is 0 Å². The number of benzene rings is 1. The van der Waals surface area contributed by atoms with E-state index >= 15 is 0 Å². The molecule has 0 fully saturated rings. The molecule has 6 nitrogen and oxygen atoms in total. The molecule has 1 aliphatic rings. The molecule has 1 aliphatic heterocycles. The zero-order valence-corrected chi connectivity index (χ0v) is 15.0. The third-order valence-electron chi connectivity index (χ3n) is 4.23. The number of ether oxygens (including phenoxy) is 2. The summed E-state index contributed by atoms with van der Waals surface area (Å²) in [7, 11) is 0. The first kappa shape index (κ1) is 15.9. The molecule has 0 unspecified atom stereocenters. The van der Waals surface area contributed by atoms with Gasteiger partial charge >= 0.3 is 0 Å². The first-order chi connectivity index (χ1) is 13.4. The lowest BCUT2D eigenvalue weighted by molar-refractivity contribution is 0.174. The molecule has 0 saturated carbocycles. The topological polar surface area (TPSA) is 69.4 Å². The summed E-state index contributed by atoms with van der Waals surface area (Å²) < 4.78 is 16.3. The van der Waals surface area contributed by atoms with E-state index in [2.05, 4.69) is 16.4 Å². The summed E-state index contributed by atoms with van der Waals surface area (Å²) in [6, 6.07) is 13.7. The van der Waals surface area contributed by atoms with Crippen molar-refractivity contribution in [2.45, 2.75) is 6.54 Å². The number of anilines is 1. The fraction of sp³-hybridized carbons (Fsp3) is 0.100. The number of nitrogens with zero attached hydrogens (tertiary/aromatic N) is 2. The third kappa shape index (κ3) is 3.13.